The summed E-state index contributed by atoms with van der Waals surface area (Å²) >= 11 is 4.98. The Morgan fingerprint density at radius 2 is 2.22 bits per heavy atom. The van der Waals surface area contributed by atoms with Gasteiger partial charge in [0.15, 0.2) is 0 Å². The molecule has 0 atom stereocenters. The molecular formula is C17H14BrN3OS. The van der Waals surface area contributed by atoms with Crippen molar-refractivity contribution < 1.29 is 4.79 Å². The first-order valence-corrected chi connectivity index (χ1v) is 8.70. The third-order valence-electron chi connectivity index (χ3n) is 3.20. The van der Waals surface area contributed by atoms with Crippen LogP contribution < -0.4 is 5.32 Å². The quantitative estimate of drug-likeness (QED) is 0.718. The fraction of sp³-hybridized carbons (Fsp3) is 0.118. The van der Waals surface area contributed by atoms with Gasteiger partial charge in [0.05, 0.1) is 17.8 Å². The van der Waals surface area contributed by atoms with E-state index in [1.807, 2.05) is 42.6 Å². The van der Waals surface area contributed by atoms with Gasteiger partial charge in [-0.25, -0.2) is 4.98 Å². The fourth-order valence-corrected chi connectivity index (χ4v) is 3.49. The van der Waals surface area contributed by atoms with E-state index in [-0.39, 0.29) is 12.3 Å². The maximum atomic E-state index is 12.2. The van der Waals surface area contributed by atoms with Gasteiger partial charge in [0.2, 0.25) is 5.91 Å². The van der Waals surface area contributed by atoms with Crippen LogP contribution in [0.25, 0.3) is 10.6 Å². The van der Waals surface area contributed by atoms with Gasteiger partial charge in [-0.1, -0.05) is 6.07 Å². The van der Waals surface area contributed by atoms with Gasteiger partial charge >= 0.3 is 0 Å². The van der Waals surface area contributed by atoms with E-state index >= 15 is 0 Å². The van der Waals surface area contributed by atoms with Gasteiger partial charge in [-0.3, -0.25) is 9.78 Å². The minimum atomic E-state index is -0.0856. The number of pyridine rings is 1. The average molecular weight is 388 g/mol. The van der Waals surface area contributed by atoms with Crippen molar-refractivity contribution in [3.63, 3.8) is 0 Å². The molecule has 1 N–H and O–H groups in total. The van der Waals surface area contributed by atoms with Gasteiger partial charge < -0.3 is 5.32 Å². The lowest BCUT2D eigenvalue weighted by molar-refractivity contribution is -0.115. The Labute approximate surface area is 146 Å². The number of amides is 1. The van der Waals surface area contributed by atoms with Crippen molar-refractivity contribution in [2.45, 2.75) is 13.3 Å². The van der Waals surface area contributed by atoms with E-state index in [1.54, 1.807) is 12.4 Å². The minimum Gasteiger partial charge on any atom is -0.325 e. The molecule has 23 heavy (non-hydrogen) atoms. The highest BCUT2D eigenvalue weighted by Crippen LogP contribution is 2.25. The molecule has 0 aliphatic heterocycles. The number of carbonyl (C=O) groups excluding carboxylic acids is 1. The summed E-state index contributed by atoms with van der Waals surface area (Å²) in [4.78, 5) is 20.8. The van der Waals surface area contributed by atoms with Crippen LogP contribution in [0.15, 0.2) is 52.6 Å². The van der Waals surface area contributed by atoms with E-state index < -0.39 is 0 Å². The number of thiazole rings is 1. The molecule has 0 bridgehead atoms. The number of aryl methyl sites for hydroxylation is 1. The van der Waals surface area contributed by atoms with Crippen LogP contribution in [0.4, 0.5) is 5.69 Å². The molecule has 4 nitrogen and oxygen atoms in total. The Morgan fingerprint density at radius 1 is 1.35 bits per heavy atom. The van der Waals surface area contributed by atoms with E-state index in [2.05, 4.69) is 31.2 Å². The molecule has 0 saturated carbocycles. The van der Waals surface area contributed by atoms with Crippen LogP contribution >= 0.6 is 27.3 Å². The molecule has 6 heteroatoms. The number of hydrogen-bond donors (Lipinski definition) is 1. The first-order chi connectivity index (χ1) is 11.1. The van der Waals surface area contributed by atoms with Gasteiger partial charge in [0.1, 0.15) is 5.01 Å². The molecule has 2 aromatic heterocycles. The molecule has 0 saturated heterocycles. The third kappa shape index (κ3) is 4.03. The topological polar surface area (TPSA) is 54.9 Å². The highest BCUT2D eigenvalue weighted by Gasteiger charge is 2.10. The van der Waals surface area contributed by atoms with Crippen LogP contribution in [0.1, 0.15) is 11.3 Å². The van der Waals surface area contributed by atoms with Crippen molar-refractivity contribution in [2.75, 3.05) is 5.32 Å². The molecule has 1 aromatic carbocycles. The van der Waals surface area contributed by atoms with Crippen molar-refractivity contribution >= 4 is 38.9 Å². The van der Waals surface area contributed by atoms with E-state index in [0.717, 1.165) is 32.0 Å². The Balaban J connectivity index is 1.68. The number of carbonyl (C=O) groups is 1. The molecule has 3 aromatic rings. The van der Waals surface area contributed by atoms with Gasteiger partial charge in [-0.15, -0.1) is 11.3 Å². The van der Waals surface area contributed by atoms with Crippen molar-refractivity contribution in [2.24, 2.45) is 0 Å². The summed E-state index contributed by atoms with van der Waals surface area (Å²) in [6.45, 7) is 2.01. The third-order valence-corrected chi connectivity index (χ3v) is 4.80. The molecule has 116 valence electrons. The zero-order valence-electron chi connectivity index (χ0n) is 12.4. The van der Waals surface area contributed by atoms with Crippen molar-refractivity contribution in [1.82, 2.24) is 9.97 Å². The van der Waals surface area contributed by atoms with Crippen LogP contribution in [0.2, 0.25) is 0 Å². The van der Waals surface area contributed by atoms with E-state index in [0.29, 0.717) is 0 Å². The number of hydrogen-bond acceptors (Lipinski definition) is 4. The van der Waals surface area contributed by atoms with Crippen LogP contribution in [0.5, 0.6) is 0 Å². The first kappa shape index (κ1) is 15.8. The van der Waals surface area contributed by atoms with Gasteiger partial charge in [0.25, 0.3) is 0 Å². The van der Waals surface area contributed by atoms with Crippen LogP contribution in [-0.2, 0) is 11.2 Å². The molecule has 1 amide bonds. The predicted molar refractivity (Wildman–Crippen MR) is 96.6 cm³/mol. The van der Waals surface area contributed by atoms with Crippen molar-refractivity contribution in [3.8, 4) is 10.6 Å². The molecule has 0 fully saturated rings. The molecule has 0 aliphatic rings. The summed E-state index contributed by atoms with van der Waals surface area (Å²) in [6.07, 6.45) is 3.74. The number of nitrogens with one attached hydrogen (secondary N) is 1. The SMILES string of the molecule is Cc1ccc(NC(=O)Cc2csc(-c3cccnc3)n2)c(Br)c1. The number of anilines is 1. The lowest BCUT2D eigenvalue weighted by Crippen LogP contribution is -2.15. The molecule has 0 radical (unpaired) electrons. The number of halogens is 1. The molecule has 3 rings (SSSR count). The van der Waals surface area contributed by atoms with Gasteiger partial charge in [-0.05, 0) is 52.7 Å². The Bertz CT molecular complexity index is 833. The molecule has 0 spiro atoms. The lowest BCUT2D eigenvalue weighted by Gasteiger charge is -2.07. The number of rotatable bonds is 4. The van der Waals surface area contributed by atoms with Crippen LogP contribution in [0, 0.1) is 6.92 Å². The predicted octanol–water partition coefficient (Wildman–Crippen LogP) is 4.46. The monoisotopic (exact) mass is 387 g/mol. The molecule has 0 aliphatic carbocycles. The highest BCUT2D eigenvalue weighted by atomic mass is 79.9. The Morgan fingerprint density at radius 3 is 2.96 bits per heavy atom. The summed E-state index contributed by atoms with van der Waals surface area (Å²) in [5.74, 6) is -0.0856. The number of benzene rings is 1. The van der Waals surface area contributed by atoms with E-state index in [9.17, 15) is 4.79 Å². The molecular weight excluding hydrogens is 374 g/mol. The van der Waals surface area contributed by atoms with Crippen LogP contribution in [0.3, 0.4) is 0 Å². The largest absolute Gasteiger partial charge is 0.325 e. The lowest BCUT2D eigenvalue weighted by atomic mass is 10.2. The maximum Gasteiger partial charge on any atom is 0.230 e. The molecule has 2 heterocycles. The zero-order chi connectivity index (χ0) is 16.2. The average Bonchev–Trinajstić information content (AvgIpc) is 2.99. The summed E-state index contributed by atoms with van der Waals surface area (Å²) in [7, 11) is 0. The fourth-order valence-electron chi connectivity index (χ4n) is 2.09. The van der Waals surface area contributed by atoms with E-state index in [4.69, 9.17) is 0 Å². The summed E-state index contributed by atoms with van der Waals surface area (Å²) in [5.41, 5.74) is 3.62. The van der Waals surface area contributed by atoms with Crippen molar-refractivity contribution in [3.05, 3.63) is 63.8 Å². The highest BCUT2D eigenvalue weighted by molar-refractivity contribution is 9.10. The van der Waals surface area contributed by atoms with Crippen molar-refractivity contribution in [1.29, 1.82) is 0 Å². The van der Waals surface area contributed by atoms with Crippen LogP contribution in [-0.4, -0.2) is 15.9 Å². The number of nitrogens with zero attached hydrogens (tertiary/aromatic N) is 2. The normalized spacial score (nSPS) is 10.5. The van der Waals surface area contributed by atoms with E-state index in [1.165, 1.54) is 11.3 Å². The van der Waals surface area contributed by atoms with Gasteiger partial charge in [0, 0.05) is 27.8 Å². The standard InChI is InChI=1S/C17H14BrN3OS/c1-11-4-5-15(14(18)7-11)21-16(22)8-13-10-23-17(20-13)12-3-2-6-19-9-12/h2-7,9-10H,8H2,1H3,(H,21,22). The number of aromatic nitrogens is 2. The second-order valence-corrected chi connectivity index (χ2v) is 6.81. The Hall–Kier alpha value is -2.05. The minimum absolute atomic E-state index is 0.0856. The molecule has 0 unspecified atom stereocenters. The summed E-state index contributed by atoms with van der Waals surface area (Å²) in [5, 5.41) is 5.68. The summed E-state index contributed by atoms with van der Waals surface area (Å²) in [6, 6.07) is 9.65. The maximum absolute atomic E-state index is 12.2. The smallest absolute Gasteiger partial charge is 0.230 e. The second-order valence-electron chi connectivity index (χ2n) is 5.09. The Kier molecular flexibility index (Phi) is 4.83. The first-order valence-electron chi connectivity index (χ1n) is 7.02. The summed E-state index contributed by atoms with van der Waals surface area (Å²) < 4.78 is 0.875. The second kappa shape index (κ2) is 7.02. The zero-order valence-corrected chi connectivity index (χ0v) is 14.8. The van der Waals surface area contributed by atoms with Gasteiger partial charge in [-0.2, -0.15) is 0 Å².